The first-order valence-electron chi connectivity index (χ1n) is 9.14. The predicted molar refractivity (Wildman–Crippen MR) is 108 cm³/mol. The van der Waals surface area contributed by atoms with E-state index < -0.39 is 0 Å². The Morgan fingerprint density at radius 2 is 2.11 bits per heavy atom. The van der Waals surface area contributed by atoms with Crippen LogP contribution in [0.25, 0.3) is 11.3 Å². The molecule has 0 aliphatic heterocycles. The van der Waals surface area contributed by atoms with E-state index in [2.05, 4.69) is 21.6 Å². The van der Waals surface area contributed by atoms with Crippen molar-refractivity contribution in [2.75, 3.05) is 19.8 Å². The number of rotatable bonds is 6. The first-order valence-corrected chi connectivity index (χ1v) is 9.14. The first-order chi connectivity index (χ1) is 13.4. The fraction of sp³-hybridized carbons (Fsp3) is 0.333. The summed E-state index contributed by atoms with van der Waals surface area (Å²) >= 11 is 0. The number of hydrazone groups is 1. The van der Waals surface area contributed by atoms with Gasteiger partial charge in [-0.15, -0.1) is 0 Å². The lowest BCUT2D eigenvalue weighted by Crippen LogP contribution is -2.18. The standard InChI is InChI=1S/C21H23FN6/c1-13(10-23)18(27-28(2)3)9-17-15(14-5-4-6-14)7-8-16(21(17)22)19-11-26-20(24)12-25-19/h7-8,11-12,14H,1,4-6,9H2,2-3H3,(H2,24,26)/b27-18-. The lowest BCUT2D eigenvalue weighted by Gasteiger charge is -2.29. The van der Waals surface area contributed by atoms with E-state index in [1.54, 1.807) is 25.2 Å². The molecule has 28 heavy (non-hydrogen) atoms. The third kappa shape index (κ3) is 4.01. The van der Waals surface area contributed by atoms with Crippen LogP contribution in [0.2, 0.25) is 0 Å². The van der Waals surface area contributed by atoms with Gasteiger partial charge < -0.3 is 10.7 Å². The maximum absolute atomic E-state index is 15.6. The zero-order valence-electron chi connectivity index (χ0n) is 16.1. The highest BCUT2D eigenvalue weighted by Crippen LogP contribution is 2.40. The minimum Gasteiger partial charge on any atom is -0.382 e. The van der Waals surface area contributed by atoms with Crippen LogP contribution in [-0.4, -0.2) is 34.8 Å². The molecule has 1 fully saturated rings. The normalized spacial score (nSPS) is 14.3. The topological polar surface area (TPSA) is 91.2 Å². The highest BCUT2D eigenvalue weighted by Gasteiger charge is 2.27. The molecule has 1 aromatic heterocycles. The van der Waals surface area contributed by atoms with Crippen LogP contribution in [0, 0.1) is 17.1 Å². The molecule has 0 bridgehead atoms. The molecule has 1 aliphatic rings. The molecule has 0 saturated heterocycles. The Kier molecular flexibility index (Phi) is 5.69. The fourth-order valence-corrected chi connectivity index (χ4v) is 3.27. The van der Waals surface area contributed by atoms with Crippen molar-refractivity contribution >= 4 is 11.5 Å². The number of nitrogen functional groups attached to an aromatic ring is 1. The van der Waals surface area contributed by atoms with Crippen molar-refractivity contribution in [1.29, 1.82) is 5.26 Å². The smallest absolute Gasteiger partial charge is 0.141 e. The molecule has 1 saturated carbocycles. The number of aromatic nitrogens is 2. The van der Waals surface area contributed by atoms with Gasteiger partial charge in [-0.3, -0.25) is 4.98 Å². The van der Waals surface area contributed by atoms with Gasteiger partial charge >= 0.3 is 0 Å². The van der Waals surface area contributed by atoms with Gasteiger partial charge in [0.25, 0.3) is 0 Å². The van der Waals surface area contributed by atoms with Gasteiger partial charge in [0.15, 0.2) is 0 Å². The van der Waals surface area contributed by atoms with Crippen LogP contribution in [0.15, 0.2) is 41.8 Å². The van der Waals surface area contributed by atoms with Crippen molar-refractivity contribution in [1.82, 2.24) is 15.0 Å². The Bertz CT molecular complexity index is 952. The molecule has 7 heteroatoms. The van der Waals surface area contributed by atoms with Crippen LogP contribution < -0.4 is 5.73 Å². The molecule has 0 atom stereocenters. The molecule has 0 unspecified atom stereocenters. The monoisotopic (exact) mass is 378 g/mol. The highest BCUT2D eigenvalue weighted by molar-refractivity contribution is 6.04. The molecule has 2 N–H and O–H groups in total. The summed E-state index contributed by atoms with van der Waals surface area (Å²) in [5.41, 5.74) is 8.55. The number of nitrogens with two attached hydrogens (primary N) is 1. The van der Waals surface area contributed by atoms with Crippen molar-refractivity contribution < 1.29 is 4.39 Å². The summed E-state index contributed by atoms with van der Waals surface area (Å²) in [6, 6.07) is 5.73. The molecular weight excluding hydrogens is 355 g/mol. The van der Waals surface area contributed by atoms with Crippen molar-refractivity contribution in [2.24, 2.45) is 5.10 Å². The van der Waals surface area contributed by atoms with E-state index in [1.807, 2.05) is 12.1 Å². The molecule has 2 aromatic rings. The van der Waals surface area contributed by atoms with E-state index in [9.17, 15) is 5.26 Å². The zero-order valence-corrected chi connectivity index (χ0v) is 16.1. The van der Waals surface area contributed by atoms with Gasteiger partial charge in [0.05, 0.1) is 29.4 Å². The molecule has 1 heterocycles. The Morgan fingerprint density at radius 3 is 2.64 bits per heavy atom. The third-order valence-corrected chi connectivity index (χ3v) is 4.92. The number of hydrogen-bond donors (Lipinski definition) is 1. The lowest BCUT2D eigenvalue weighted by molar-refractivity contribution is 0.415. The maximum Gasteiger partial charge on any atom is 0.141 e. The molecule has 6 nitrogen and oxygen atoms in total. The average Bonchev–Trinajstić information content (AvgIpc) is 2.62. The lowest BCUT2D eigenvalue weighted by atomic mass is 9.76. The number of nitriles is 1. The van der Waals surface area contributed by atoms with Crippen LogP contribution in [0.4, 0.5) is 10.2 Å². The summed E-state index contributed by atoms with van der Waals surface area (Å²) in [6.07, 6.45) is 6.27. The second-order valence-electron chi connectivity index (χ2n) is 7.11. The molecule has 144 valence electrons. The number of benzene rings is 1. The molecular formula is C21H23FN6. The summed E-state index contributed by atoms with van der Waals surface area (Å²) < 4.78 is 15.6. The summed E-state index contributed by atoms with van der Waals surface area (Å²) in [6.45, 7) is 3.77. The Labute approximate surface area is 164 Å². The quantitative estimate of drug-likeness (QED) is 0.470. The summed E-state index contributed by atoms with van der Waals surface area (Å²) in [5.74, 6) is 0.244. The predicted octanol–water partition coefficient (Wildman–Crippen LogP) is 3.67. The summed E-state index contributed by atoms with van der Waals surface area (Å²) in [5, 5.41) is 15.2. The SMILES string of the molecule is C=C(C#N)/C(Cc1c(C2CCC2)ccc(-c2cnc(N)cn2)c1F)=N\N(C)C. The minimum atomic E-state index is -0.360. The number of halogens is 1. The van der Waals surface area contributed by atoms with E-state index in [0.717, 1.165) is 24.8 Å². The van der Waals surface area contributed by atoms with Crippen molar-refractivity contribution in [3.8, 4) is 17.3 Å². The maximum atomic E-state index is 15.6. The van der Waals surface area contributed by atoms with Crippen molar-refractivity contribution in [3.05, 3.63) is 53.6 Å². The fourth-order valence-electron chi connectivity index (χ4n) is 3.27. The van der Waals surface area contributed by atoms with Crippen molar-refractivity contribution in [2.45, 2.75) is 31.6 Å². The second kappa shape index (κ2) is 8.17. The van der Waals surface area contributed by atoms with Gasteiger partial charge in [-0.2, -0.15) is 10.4 Å². The van der Waals surface area contributed by atoms with Crippen LogP contribution in [0.1, 0.15) is 36.3 Å². The molecule has 0 amide bonds. The van der Waals surface area contributed by atoms with E-state index in [4.69, 9.17) is 5.73 Å². The van der Waals surface area contributed by atoms with Gasteiger partial charge in [-0.05, 0) is 36.0 Å². The van der Waals surface area contributed by atoms with E-state index >= 15 is 4.39 Å². The van der Waals surface area contributed by atoms with Crippen LogP contribution >= 0.6 is 0 Å². The number of allylic oxidation sites excluding steroid dienone is 1. The number of nitrogens with zero attached hydrogens (tertiary/aromatic N) is 5. The Hall–Kier alpha value is -3.27. The Balaban J connectivity index is 2.10. The van der Waals surface area contributed by atoms with Gasteiger partial charge in [0.1, 0.15) is 17.7 Å². The number of anilines is 1. The van der Waals surface area contributed by atoms with Crippen LogP contribution in [0.3, 0.4) is 0 Å². The van der Waals surface area contributed by atoms with E-state index in [0.29, 0.717) is 28.5 Å². The third-order valence-electron chi connectivity index (χ3n) is 4.92. The molecule has 0 radical (unpaired) electrons. The molecule has 0 spiro atoms. The van der Waals surface area contributed by atoms with Crippen LogP contribution in [0.5, 0.6) is 0 Å². The van der Waals surface area contributed by atoms with Gasteiger partial charge in [0.2, 0.25) is 0 Å². The van der Waals surface area contributed by atoms with Gasteiger partial charge in [-0.25, -0.2) is 9.37 Å². The summed E-state index contributed by atoms with van der Waals surface area (Å²) in [7, 11) is 3.52. The average molecular weight is 378 g/mol. The first kappa shape index (κ1) is 19.5. The van der Waals surface area contributed by atoms with E-state index in [1.165, 1.54) is 12.4 Å². The molecule has 1 aliphatic carbocycles. The second-order valence-corrected chi connectivity index (χ2v) is 7.11. The largest absolute Gasteiger partial charge is 0.382 e. The molecule has 3 rings (SSSR count). The number of hydrogen-bond acceptors (Lipinski definition) is 6. The van der Waals surface area contributed by atoms with E-state index in [-0.39, 0.29) is 23.6 Å². The van der Waals surface area contributed by atoms with Gasteiger partial charge in [0, 0.05) is 26.1 Å². The Morgan fingerprint density at radius 1 is 1.36 bits per heavy atom. The highest BCUT2D eigenvalue weighted by atomic mass is 19.1. The summed E-state index contributed by atoms with van der Waals surface area (Å²) in [4.78, 5) is 8.22. The minimum absolute atomic E-state index is 0.193. The van der Waals surface area contributed by atoms with Crippen LogP contribution in [-0.2, 0) is 6.42 Å². The van der Waals surface area contributed by atoms with Gasteiger partial charge in [-0.1, -0.05) is 19.1 Å². The zero-order chi connectivity index (χ0) is 20.3. The van der Waals surface area contributed by atoms with Crippen molar-refractivity contribution in [3.63, 3.8) is 0 Å². The molecule has 1 aromatic carbocycles.